The van der Waals surface area contributed by atoms with Crippen LogP contribution in [0.2, 0.25) is 0 Å². The maximum Gasteiger partial charge on any atom is 0.573 e. The van der Waals surface area contributed by atoms with Crippen molar-refractivity contribution < 1.29 is 27.5 Å². The number of alkyl halides is 3. The molecule has 0 aliphatic carbocycles. The highest BCUT2D eigenvalue weighted by Gasteiger charge is 2.32. The van der Waals surface area contributed by atoms with Crippen molar-refractivity contribution in [3.05, 3.63) is 52.3 Å². The van der Waals surface area contributed by atoms with Crippen molar-refractivity contribution in [3.63, 3.8) is 0 Å². The number of aryl methyl sites for hydroxylation is 1. The second-order valence-electron chi connectivity index (χ2n) is 5.52. The number of ether oxygens (including phenoxy) is 1. The Labute approximate surface area is 142 Å². The van der Waals surface area contributed by atoms with Gasteiger partial charge in [0.05, 0.1) is 0 Å². The number of rotatable bonds is 5. The van der Waals surface area contributed by atoms with E-state index in [1.54, 1.807) is 19.9 Å². The number of aromatic amines is 1. The van der Waals surface area contributed by atoms with Crippen LogP contribution in [0.5, 0.6) is 5.75 Å². The highest BCUT2D eigenvalue weighted by atomic mass is 19.4. The van der Waals surface area contributed by atoms with E-state index in [0.29, 0.717) is 16.8 Å². The van der Waals surface area contributed by atoms with E-state index < -0.39 is 12.3 Å². The van der Waals surface area contributed by atoms with Gasteiger partial charge in [-0.05, 0) is 32.4 Å². The lowest BCUT2D eigenvalue weighted by atomic mass is 10.1. The second-order valence-corrected chi connectivity index (χ2v) is 5.52. The predicted octanol–water partition coefficient (Wildman–Crippen LogP) is 3.66. The highest BCUT2D eigenvalue weighted by molar-refractivity contribution is 6.02. The zero-order chi connectivity index (χ0) is 18.8. The van der Waals surface area contributed by atoms with Gasteiger partial charge in [-0.25, -0.2) is 0 Å². The number of carbonyl (C=O) groups is 2. The Balaban J connectivity index is 2.16. The van der Waals surface area contributed by atoms with Crippen molar-refractivity contribution in [1.29, 1.82) is 0 Å². The van der Waals surface area contributed by atoms with Crippen LogP contribution in [0.25, 0.3) is 0 Å². The Kier molecular flexibility index (Phi) is 5.20. The molecule has 5 nitrogen and oxygen atoms in total. The number of carbonyl (C=O) groups excluding carboxylic acids is 2. The van der Waals surface area contributed by atoms with Gasteiger partial charge in [0, 0.05) is 23.4 Å². The molecule has 1 amide bonds. The first kappa shape index (κ1) is 18.6. The number of hydrogen-bond acceptors (Lipinski definition) is 3. The van der Waals surface area contributed by atoms with Gasteiger partial charge in [-0.3, -0.25) is 9.59 Å². The molecule has 0 fully saturated rings. The van der Waals surface area contributed by atoms with Crippen LogP contribution < -0.4 is 10.1 Å². The van der Waals surface area contributed by atoms with E-state index in [-0.39, 0.29) is 29.3 Å². The standard InChI is InChI=1S/C17H17F3N2O3/c1-9-14(11(3)23)10(2)22-15(9)16(24)21-8-12-6-4-5-7-13(12)25-17(18,19)20/h4-7,22H,8H2,1-3H3,(H,21,24). The molecule has 8 heteroatoms. The number of nitrogens with one attached hydrogen (secondary N) is 2. The van der Waals surface area contributed by atoms with Gasteiger partial charge in [0.2, 0.25) is 0 Å². The zero-order valence-corrected chi connectivity index (χ0v) is 13.9. The SMILES string of the molecule is CC(=O)c1c(C)[nH]c(C(=O)NCc2ccccc2OC(F)(F)F)c1C. The maximum absolute atomic E-state index is 12.4. The zero-order valence-electron chi connectivity index (χ0n) is 13.9. The van der Waals surface area contributed by atoms with Crippen molar-refractivity contribution in [1.82, 2.24) is 10.3 Å². The van der Waals surface area contributed by atoms with Gasteiger partial charge in [0.1, 0.15) is 11.4 Å². The number of amides is 1. The summed E-state index contributed by atoms with van der Waals surface area (Å²) in [6.45, 7) is 4.55. The first-order valence-electron chi connectivity index (χ1n) is 7.42. The van der Waals surface area contributed by atoms with Gasteiger partial charge in [-0.2, -0.15) is 0 Å². The first-order valence-corrected chi connectivity index (χ1v) is 7.42. The molecule has 1 heterocycles. The fourth-order valence-electron chi connectivity index (χ4n) is 2.64. The molecular weight excluding hydrogens is 337 g/mol. The molecule has 0 spiro atoms. The van der Waals surface area contributed by atoms with E-state index in [0.717, 1.165) is 0 Å². The monoisotopic (exact) mass is 354 g/mol. The van der Waals surface area contributed by atoms with Crippen LogP contribution in [-0.2, 0) is 6.54 Å². The van der Waals surface area contributed by atoms with Gasteiger partial charge < -0.3 is 15.0 Å². The largest absolute Gasteiger partial charge is 0.573 e. The number of hydrogen-bond donors (Lipinski definition) is 2. The van der Waals surface area contributed by atoms with E-state index in [4.69, 9.17) is 0 Å². The summed E-state index contributed by atoms with van der Waals surface area (Å²) < 4.78 is 41.2. The van der Waals surface area contributed by atoms with Crippen molar-refractivity contribution >= 4 is 11.7 Å². The summed E-state index contributed by atoms with van der Waals surface area (Å²) in [7, 11) is 0. The minimum Gasteiger partial charge on any atom is -0.405 e. The molecule has 134 valence electrons. The Morgan fingerprint density at radius 2 is 1.84 bits per heavy atom. The van der Waals surface area contributed by atoms with Gasteiger partial charge >= 0.3 is 6.36 Å². The van der Waals surface area contributed by atoms with E-state index in [9.17, 15) is 22.8 Å². The molecule has 1 aromatic carbocycles. The number of ketones is 1. The number of para-hydroxylation sites is 1. The van der Waals surface area contributed by atoms with E-state index in [1.807, 2.05) is 0 Å². The topological polar surface area (TPSA) is 71.2 Å². The summed E-state index contributed by atoms with van der Waals surface area (Å²) in [4.78, 5) is 26.8. The second kappa shape index (κ2) is 7.00. The average molecular weight is 354 g/mol. The highest BCUT2D eigenvalue weighted by Crippen LogP contribution is 2.26. The lowest BCUT2D eigenvalue weighted by molar-refractivity contribution is -0.274. The van der Waals surface area contributed by atoms with Crippen molar-refractivity contribution in [3.8, 4) is 5.75 Å². The number of halogens is 3. The van der Waals surface area contributed by atoms with Crippen LogP contribution >= 0.6 is 0 Å². The first-order chi connectivity index (χ1) is 11.6. The van der Waals surface area contributed by atoms with Crippen LogP contribution in [0.3, 0.4) is 0 Å². The summed E-state index contributed by atoms with van der Waals surface area (Å²) in [5, 5.41) is 2.53. The molecule has 0 atom stereocenters. The van der Waals surface area contributed by atoms with E-state index in [1.165, 1.54) is 25.1 Å². The van der Waals surface area contributed by atoms with Crippen LogP contribution in [0.1, 0.15) is 44.6 Å². The van der Waals surface area contributed by atoms with Gasteiger partial charge in [-0.15, -0.1) is 13.2 Å². The van der Waals surface area contributed by atoms with E-state index >= 15 is 0 Å². The minimum absolute atomic E-state index is 0.155. The van der Waals surface area contributed by atoms with Crippen LogP contribution in [0.4, 0.5) is 13.2 Å². The van der Waals surface area contributed by atoms with Gasteiger partial charge in [0.15, 0.2) is 5.78 Å². The quantitative estimate of drug-likeness (QED) is 0.805. The number of H-pyrrole nitrogens is 1. The van der Waals surface area contributed by atoms with Crippen LogP contribution in [0.15, 0.2) is 24.3 Å². The molecule has 0 radical (unpaired) electrons. The lowest BCUT2D eigenvalue weighted by Gasteiger charge is -2.13. The number of aromatic nitrogens is 1. The Hall–Kier alpha value is -2.77. The number of Topliss-reactive ketones (excluding diaryl/α,β-unsaturated/α-hetero) is 1. The fourth-order valence-corrected chi connectivity index (χ4v) is 2.64. The third-order valence-electron chi connectivity index (χ3n) is 3.65. The van der Waals surface area contributed by atoms with E-state index in [2.05, 4.69) is 15.0 Å². The molecule has 0 unspecified atom stereocenters. The summed E-state index contributed by atoms with van der Waals surface area (Å²) in [6, 6.07) is 5.55. The molecule has 1 aromatic heterocycles. The van der Waals surface area contributed by atoms with Crippen LogP contribution in [-0.4, -0.2) is 23.0 Å². The van der Waals surface area contributed by atoms with Crippen molar-refractivity contribution in [2.24, 2.45) is 0 Å². The molecule has 0 saturated carbocycles. The minimum atomic E-state index is -4.82. The van der Waals surface area contributed by atoms with Crippen molar-refractivity contribution in [2.45, 2.75) is 33.7 Å². The molecule has 0 bridgehead atoms. The Bertz CT molecular complexity index is 810. The molecule has 2 aromatic rings. The molecule has 25 heavy (non-hydrogen) atoms. The third-order valence-corrected chi connectivity index (χ3v) is 3.65. The number of benzene rings is 1. The molecule has 0 aliphatic heterocycles. The molecule has 0 aliphatic rings. The fraction of sp³-hybridized carbons (Fsp3) is 0.294. The van der Waals surface area contributed by atoms with Crippen molar-refractivity contribution in [2.75, 3.05) is 0 Å². The predicted molar refractivity (Wildman–Crippen MR) is 84.6 cm³/mol. The molecule has 0 saturated heterocycles. The van der Waals surface area contributed by atoms with Gasteiger partial charge in [-0.1, -0.05) is 18.2 Å². The summed E-state index contributed by atoms with van der Waals surface area (Å²) in [5.41, 5.74) is 1.89. The lowest BCUT2D eigenvalue weighted by Crippen LogP contribution is -2.25. The summed E-state index contributed by atoms with van der Waals surface area (Å²) >= 11 is 0. The normalized spacial score (nSPS) is 11.3. The summed E-state index contributed by atoms with van der Waals surface area (Å²) in [6.07, 6.45) is -4.82. The smallest absolute Gasteiger partial charge is 0.405 e. The third kappa shape index (κ3) is 4.40. The Morgan fingerprint density at radius 1 is 1.20 bits per heavy atom. The molecule has 2 N–H and O–H groups in total. The molecular formula is C17H17F3N2O3. The summed E-state index contributed by atoms with van der Waals surface area (Å²) in [5.74, 6) is -1.07. The van der Waals surface area contributed by atoms with Crippen LogP contribution in [0, 0.1) is 13.8 Å². The Morgan fingerprint density at radius 3 is 2.40 bits per heavy atom. The average Bonchev–Trinajstić information content (AvgIpc) is 2.79. The van der Waals surface area contributed by atoms with Gasteiger partial charge in [0.25, 0.3) is 5.91 Å². The maximum atomic E-state index is 12.4. The molecule has 2 rings (SSSR count).